The Morgan fingerprint density at radius 2 is 2.15 bits per heavy atom. The summed E-state index contributed by atoms with van der Waals surface area (Å²) >= 11 is 0. The smallest absolute Gasteiger partial charge is 0.298 e. The summed E-state index contributed by atoms with van der Waals surface area (Å²) in [6.45, 7) is 0.414. The summed E-state index contributed by atoms with van der Waals surface area (Å²) in [5.41, 5.74) is 0. The van der Waals surface area contributed by atoms with Gasteiger partial charge in [0.15, 0.2) is 0 Å². The summed E-state index contributed by atoms with van der Waals surface area (Å²) in [6.07, 6.45) is 3.45. The summed E-state index contributed by atoms with van der Waals surface area (Å²) in [7, 11) is 0. The molecule has 0 atom stereocenters. The van der Waals surface area contributed by atoms with E-state index in [9.17, 15) is 4.79 Å². The minimum atomic E-state index is 0.414. The predicted octanol–water partition coefficient (Wildman–Crippen LogP) is 1.77. The van der Waals surface area contributed by atoms with E-state index in [1.807, 2.05) is 12.1 Å². The Hall–Kier alpha value is -1.90. The Morgan fingerprint density at radius 3 is 3.00 bits per heavy atom. The minimum absolute atomic E-state index is 0.414. The zero-order valence-corrected chi connectivity index (χ0v) is 6.81. The molecule has 0 fully saturated rings. The van der Waals surface area contributed by atoms with Crippen molar-refractivity contribution in [2.75, 3.05) is 0 Å². The van der Waals surface area contributed by atoms with Gasteiger partial charge in [-0.1, -0.05) is 6.07 Å². The maximum absolute atomic E-state index is 10.1. The summed E-state index contributed by atoms with van der Waals surface area (Å²) in [5, 5.41) is 2.04. The standard InChI is InChI=1S/C10H7NO2/c12-7-13-10-2-1-8-3-4-11-6-9(8)5-10/h1-7H. The van der Waals surface area contributed by atoms with Crippen molar-refractivity contribution >= 4 is 17.2 Å². The van der Waals surface area contributed by atoms with Crippen molar-refractivity contribution in [1.29, 1.82) is 0 Å². The average molecular weight is 173 g/mol. The molecule has 0 aliphatic heterocycles. The lowest BCUT2D eigenvalue weighted by molar-refractivity contribution is -0.120. The van der Waals surface area contributed by atoms with Crippen molar-refractivity contribution in [3.63, 3.8) is 0 Å². The van der Waals surface area contributed by atoms with Crippen molar-refractivity contribution in [2.24, 2.45) is 0 Å². The third-order valence-corrected chi connectivity index (χ3v) is 1.80. The van der Waals surface area contributed by atoms with E-state index in [1.54, 1.807) is 24.5 Å². The van der Waals surface area contributed by atoms with E-state index < -0.39 is 0 Å². The Labute approximate surface area is 75.0 Å². The monoisotopic (exact) mass is 173 g/mol. The number of hydrogen-bond donors (Lipinski definition) is 0. The number of aromatic nitrogens is 1. The number of nitrogens with zero attached hydrogens (tertiary/aromatic N) is 1. The van der Waals surface area contributed by atoms with Gasteiger partial charge in [0.25, 0.3) is 6.47 Å². The van der Waals surface area contributed by atoms with Crippen LogP contribution >= 0.6 is 0 Å². The molecule has 0 radical (unpaired) electrons. The number of benzene rings is 1. The van der Waals surface area contributed by atoms with E-state index in [0.29, 0.717) is 12.2 Å². The van der Waals surface area contributed by atoms with Gasteiger partial charge in [-0.25, -0.2) is 0 Å². The van der Waals surface area contributed by atoms with Gasteiger partial charge >= 0.3 is 0 Å². The second-order valence-electron chi connectivity index (χ2n) is 2.60. The van der Waals surface area contributed by atoms with Crippen LogP contribution in [0.5, 0.6) is 5.75 Å². The Morgan fingerprint density at radius 1 is 1.23 bits per heavy atom. The van der Waals surface area contributed by atoms with Crippen LogP contribution in [-0.2, 0) is 4.79 Å². The van der Waals surface area contributed by atoms with Crippen LogP contribution in [0.25, 0.3) is 10.8 Å². The van der Waals surface area contributed by atoms with Crippen LogP contribution in [0.1, 0.15) is 0 Å². The maximum Gasteiger partial charge on any atom is 0.298 e. The topological polar surface area (TPSA) is 39.2 Å². The number of hydrogen-bond acceptors (Lipinski definition) is 3. The number of fused-ring (bicyclic) bond motifs is 1. The molecule has 1 heterocycles. The second-order valence-corrected chi connectivity index (χ2v) is 2.60. The number of pyridine rings is 1. The molecule has 0 aliphatic rings. The molecule has 64 valence electrons. The van der Waals surface area contributed by atoms with Gasteiger partial charge in [-0.05, 0) is 23.6 Å². The Balaban J connectivity index is 2.55. The van der Waals surface area contributed by atoms with Crippen LogP contribution in [-0.4, -0.2) is 11.5 Å². The van der Waals surface area contributed by atoms with Gasteiger partial charge in [-0.15, -0.1) is 0 Å². The maximum atomic E-state index is 10.1. The van der Waals surface area contributed by atoms with Gasteiger partial charge in [0.1, 0.15) is 5.75 Å². The van der Waals surface area contributed by atoms with E-state index in [0.717, 1.165) is 10.8 Å². The lowest BCUT2D eigenvalue weighted by atomic mass is 10.2. The molecule has 0 spiro atoms. The lowest BCUT2D eigenvalue weighted by Gasteiger charge is -1.99. The lowest BCUT2D eigenvalue weighted by Crippen LogP contribution is -1.87. The minimum Gasteiger partial charge on any atom is -0.429 e. The zero-order chi connectivity index (χ0) is 9.10. The van der Waals surface area contributed by atoms with Crippen molar-refractivity contribution in [1.82, 2.24) is 4.98 Å². The highest BCUT2D eigenvalue weighted by molar-refractivity contribution is 5.83. The predicted molar refractivity (Wildman–Crippen MR) is 48.4 cm³/mol. The molecule has 3 heteroatoms. The van der Waals surface area contributed by atoms with E-state index in [-0.39, 0.29) is 0 Å². The molecule has 0 aliphatic carbocycles. The van der Waals surface area contributed by atoms with Gasteiger partial charge in [0.05, 0.1) is 0 Å². The van der Waals surface area contributed by atoms with Crippen LogP contribution in [0.4, 0.5) is 0 Å². The molecule has 0 saturated carbocycles. The molecule has 0 saturated heterocycles. The van der Waals surface area contributed by atoms with Crippen LogP contribution < -0.4 is 4.74 Å². The summed E-state index contributed by atoms with van der Waals surface area (Å²) < 4.78 is 4.71. The third kappa shape index (κ3) is 1.49. The average Bonchev–Trinajstić information content (AvgIpc) is 2.18. The fraction of sp³-hybridized carbons (Fsp3) is 0. The molecule has 2 aromatic rings. The highest BCUT2D eigenvalue weighted by atomic mass is 16.5. The highest BCUT2D eigenvalue weighted by Crippen LogP contribution is 2.18. The molecule has 1 aromatic heterocycles. The molecule has 0 unspecified atom stereocenters. The first-order valence-corrected chi connectivity index (χ1v) is 3.84. The molecule has 0 N–H and O–H groups in total. The van der Waals surface area contributed by atoms with E-state index in [1.165, 1.54) is 0 Å². The van der Waals surface area contributed by atoms with Gasteiger partial charge in [-0.3, -0.25) is 9.78 Å². The fourth-order valence-electron chi connectivity index (χ4n) is 1.19. The molecule has 2 rings (SSSR count). The molecule has 3 nitrogen and oxygen atoms in total. The first-order chi connectivity index (χ1) is 6.40. The largest absolute Gasteiger partial charge is 0.429 e. The van der Waals surface area contributed by atoms with Crippen LogP contribution in [0.3, 0.4) is 0 Å². The quantitative estimate of drug-likeness (QED) is 0.649. The van der Waals surface area contributed by atoms with Gasteiger partial charge in [0, 0.05) is 17.8 Å². The second kappa shape index (κ2) is 3.23. The van der Waals surface area contributed by atoms with Crippen LogP contribution in [0, 0.1) is 0 Å². The fourth-order valence-corrected chi connectivity index (χ4v) is 1.19. The van der Waals surface area contributed by atoms with E-state index in [4.69, 9.17) is 4.74 Å². The van der Waals surface area contributed by atoms with Crippen molar-refractivity contribution in [3.05, 3.63) is 36.7 Å². The number of ether oxygens (including phenoxy) is 1. The number of carbonyl (C=O) groups is 1. The van der Waals surface area contributed by atoms with Gasteiger partial charge < -0.3 is 4.74 Å². The van der Waals surface area contributed by atoms with E-state index >= 15 is 0 Å². The van der Waals surface area contributed by atoms with Crippen molar-refractivity contribution < 1.29 is 9.53 Å². The third-order valence-electron chi connectivity index (χ3n) is 1.80. The van der Waals surface area contributed by atoms with Crippen LogP contribution in [0.2, 0.25) is 0 Å². The first kappa shape index (κ1) is 7.73. The normalized spacial score (nSPS) is 9.85. The first-order valence-electron chi connectivity index (χ1n) is 3.84. The summed E-state index contributed by atoms with van der Waals surface area (Å²) in [6, 6.07) is 7.31. The van der Waals surface area contributed by atoms with E-state index in [2.05, 4.69) is 4.98 Å². The van der Waals surface area contributed by atoms with Crippen LogP contribution in [0.15, 0.2) is 36.7 Å². The molecule has 0 amide bonds. The van der Waals surface area contributed by atoms with Gasteiger partial charge in [-0.2, -0.15) is 0 Å². The zero-order valence-electron chi connectivity index (χ0n) is 6.81. The van der Waals surface area contributed by atoms with Gasteiger partial charge in [0.2, 0.25) is 0 Å². The molecular formula is C10H7NO2. The number of carbonyl (C=O) groups excluding carboxylic acids is 1. The van der Waals surface area contributed by atoms with Crippen molar-refractivity contribution in [3.8, 4) is 5.75 Å². The van der Waals surface area contributed by atoms with Crippen molar-refractivity contribution in [2.45, 2.75) is 0 Å². The summed E-state index contributed by atoms with van der Waals surface area (Å²) in [4.78, 5) is 14.0. The molecular weight excluding hydrogens is 166 g/mol. The SMILES string of the molecule is O=COc1ccc2ccncc2c1. The Kier molecular flexibility index (Phi) is 1.92. The number of rotatable bonds is 2. The molecule has 0 bridgehead atoms. The molecule has 1 aromatic carbocycles. The highest BCUT2D eigenvalue weighted by Gasteiger charge is 1.95. The Bertz CT molecular complexity index is 440. The summed E-state index contributed by atoms with van der Waals surface area (Å²) in [5.74, 6) is 0.538. The molecule has 13 heavy (non-hydrogen) atoms.